The molecular formula is C24H21ClN4O4. The molecule has 0 aliphatic heterocycles. The fourth-order valence-electron chi connectivity index (χ4n) is 3.37. The first kappa shape index (κ1) is 22.4. The summed E-state index contributed by atoms with van der Waals surface area (Å²) in [7, 11) is 1.55. The van der Waals surface area contributed by atoms with Crippen molar-refractivity contribution in [2.45, 2.75) is 6.92 Å². The number of hydrogen-bond acceptors (Lipinski definition) is 6. The SMILES string of the molecule is COCCNC(=O)c1ccc(NC(=O)c2cc(-c3ccccc3)nc3onc(C)c23)cc1Cl. The number of methoxy groups -OCH3 is 1. The van der Waals surface area contributed by atoms with Gasteiger partial charge in [0.25, 0.3) is 17.5 Å². The van der Waals surface area contributed by atoms with Gasteiger partial charge in [0.1, 0.15) is 0 Å². The number of nitrogens with zero attached hydrogens (tertiary/aromatic N) is 2. The summed E-state index contributed by atoms with van der Waals surface area (Å²) in [6.45, 7) is 2.51. The van der Waals surface area contributed by atoms with Crippen LogP contribution in [0, 0.1) is 6.92 Å². The zero-order valence-corrected chi connectivity index (χ0v) is 18.8. The second-order valence-electron chi connectivity index (χ2n) is 7.27. The van der Waals surface area contributed by atoms with E-state index in [0.717, 1.165) is 5.56 Å². The van der Waals surface area contributed by atoms with E-state index in [9.17, 15) is 9.59 Å². The van der Waals surface area contributed by atoms with E-state index in [1.807, 2.05) is 30.3 Å². The van der Waals surface area contributed by atoms with Crippen molar-refractivity contribution >= 4 is 40.2 Å². The number of fused-ring (bicyclic) bond motifs is 1. The molecule has 4 aromatic rings. The molecule has 4 rings (SSSR count). The number of anilines is 1. The lowest BCUT2D eigenvalue weighted by Crippen LogP contribution is -2.27. The van der Waals surface area contributed by atoms with Crippen molar-refractivity contribution in [3.63, 3.8) is 0 Å². The molecule has 0 unspecified atom stereocenters. The molecule has 168 valence electrons. The van der Waals surface area contributed by atoms with Gasteiger partial charge in [-0.05, 0) is 31.2 Å². The number of carbonyl (C=O) groups excluding carboxylic acids is 2. The Kier molecular flexibility index (Phi) is 6.67. The fourth-order valence-corrected chi connectivity index (χ4v) is 3.63. The third-order valence-corrected chi connectivity index (χ3v) is 5.31. The van der Waals surface area contributed by atoms with Gasteiger partial charge in [-0.3, -0.25) is 9.59 Å². The van der Waals surface area contributed by atoms with Crippen molar-refractivity contribution in [1.29, 1.82) is 0 Å². The Morgan fingerprint density at radius 1 is 1.06 bits per heavy atom. The third kappa shape index (κ3) is 4.87. The van der Waals surface area contributed by atoms with Gasteiger partial charge in [0.15, 0.2) is 0 Å². The van der Waals surface area contributed by atoms with Crippen LogP contribution >= 0.6 is 11.6 Å². The Hall–Kier alpha value is -3.75. The van der Waals surface area contributed by atoms with Crippen LogP contribution in [-0.2, 0) is 4.74 Å². The number of nitrogens with one attached hydrogen (secondary N) is 2. The molecule has 2 aromatic carbocycles. The van der Waals surface area contributed by atoms with Crippen LogP contribution in [0.25, 0.3) is 22.4 Å². The largest absolute Gasteiger partial charge is 0.383 e. The van der Waals surface area contributed by atoms with Crippen molar-refractivity contribution in [2.24, 2.45) is 0 Å². The number of halogens is 1. The number of carbonyl (C=O) groups is 2. The van der Waals surface area contributed by atoms with Crippen LogP contribution in [-0.4, -0.2) is 42.2 Å². The first-order chi connectivity index (χ1) is 16.0. The molecule has 2 amide bonds. The molecule has 0 fully saturated rings. The minimum atomic E-state index is -0.376. The summed E-state index contributed by atoms with van der Waals surface area (Å²) < 4.78 is 10.3. The van der Waals surface area contributed by atoms with E-state index < -0.39 is 0 Å². The predicted octanol–water partition coefficient (Wildman–Crippen LogP) is 4.48. The Balaban J connectivity index is 1.62. The lowest BCUT2D eigenvalue weighted by molar-refractivity contribution is 0.0937. The van der Waals surface area contributed by atoms with E-state index in [0.29, 0.717) is 46.7 Å². The monoisotopic (exact) mass is 464 g/mol. The van der Waals surface area contributed by atoms with E-state index >= 15 is 0 Å². The molecule has 0 saturated heterocycles. The maximum atomic E-state index is 13.2. The molecule has 0 aliphatic rings. The van der Waals surface area contributed by atoms with Crippen LogP contribution in [0.5, 0.6) is 0 Å². The summed E-state index contributed by atoms with van der Waals surface area (Å²) in [5.41, 5.74) is 3.38. The molecule has 33 heavy (non-hydrogen) atoms. The van der Waals surface area contributed by atoms with Crippen molar-refractivity contribution in [1.82, 2.24) is 15.5 Å². The minimum absolute atomic E-state index is 0.216. The van der Waals surface area contributed by atoms with Crippen molar-refractivity contribution in [2.75, 3.05) is 25.6 Å². The highest BCUT2D eigenvalue weighted by atomic mass is 35.5. The molecule has 0 atom stereocenters. The van der Waals surface area contributed by atoms with Crippen LogP contribution in [0.3, 0.4) is 0 Å². The zero-order chi connectivity index (χ0) is 23.4. The average Bonchev–Trinajstić information content (AvgIpc) is 3.20. The first-order valence-corrected chi connectivity index (χ1v) is 10.6. The molecule has 2 N–H and O–H groups in total. The summed E-state index contributed by atoms with van der Waals surface area (Å²) in [6.07, 6.45) is 0. The van der Waals surface area contributed by atoms with E-state index in [1.165, 1.54) is 6.07 Å². The lowest BCUT2D eigenvalue weighted by atomic mass is 10.0. The quantitative estimate of drug-likeness (QED) is 0.390. The van der Waals surface area contributed by atoms with E-state index in [4.69, 9.17) is 20.9 Å². The van der Waals surface area contributed by atoms with Crippen LogP contribution in [0.1, 0.15) is 26.4 Å². The Bertz CT molecular complexity index is 1320. The van der Waals surface area contributed by atoms with Crippen LogP contribution < -0.4 is 10.6 Å². The Morgan fingerprint density at radius 2 is 1.85 bits per heavy atom. The van der Waals surface area contributed by atoms with Gasteiger partial charge in [-0.15, -0.1) is 0 Å². The fraction of sp³-hybridized carbons (Fsp3) is 0.167. The predicted molar refractivity (Wildman–Crippen MR) is 126 cm³/mol. The molecule has 0 spiro atoms. The van der Waals surface area contributed by atoms with E-state index in [-0.39, 0.29) is 22.6 Å². The van der Waals surface area contributed by atoms with Crippen LogP contribution in [0.15, 0.2) is 59.1 Å². The molecule has 0 saturated carbocycles. The number of aromatic nitrogens is 2. The van der Waals surface area contributed by atoms with Gasteiger partial charge in [-0.2, -0.15) is 0 Å². The summed E-state index contributed by atoms with van der Waals surface area (Å²) in [5, 5.41) is 10.3. The summed E-state index contributed by atoms with van der Waals surface area (Å²) >= 11 is 6.30. The number of hydrogen-bond donors (Lipinski definition) is 2. The molecule has 2 aromatic heterocycles. The van der Waals surface area contributed by atoms with Gasteiger partial charge in [-0.1, -0.05) is 47.1 Å². The van der Waals surface area contributed by atoms with E-state index in [1.54, 1.807) is 32.2 Å². The van der Waals surface area contributed by atoms with Gasteiger partial charge in [0.2, 0.25) is 0 Å². The second-order valence-corrected chi connectivity index (χ2v) is 7.67. The molecule has 0 radical (unpaired) electrons. The number of benzene rings is 2. The smallest absolute Gasteiger partial charge is 0.259 e. The number of ether oxygens (including phenoxy) is 1. The van der Waals surface area contributed by atoms with Crippen molar-refractivity contribution < 1.29 is 18.8 Å². The Morgan fingerprint density at radius 3 is 2.58 bits per heavy atom. The summed E-state index contributed by atoms with van der Waals surface area (Å²) in [6, 6.07) is 15.9. The highest BCUT2D eigenvalue weighted by Crippen LogP contribution is 2.28. The summed E-state index contributed by atoms with van der Waals surface area (Å²) in [4.78, 5) is 30.0. The van der Waals surface area contributed by atoms with Gasteiger partial charge >= 0.3 is 0 Å². The normalized spacial score (nSPS) is 10.9. The zero-order valence-electron chi connectivity index (χ0n) is 18.0. The molecular weight excluding hydrogens is 444 g/mol. The standard InChI is InChI=1S/C24H21ClN4O4/c1-14-21-18(13-20(28-24(21)33-29-14)15-6-4-3-5-7-15)23(31)27-16-8-9-17(19(25)12-16)22(30)26-10-11-32-2/h3-9,12-13H,10-11H2,1-2H3,(H,26,30)(H,27,31). The number of pyridine rings is 1. The maximum absolute atomic E-state index is 13.2. The van der Waals surface area contributed by atoms with Crippen LogP contribution in [0.2, 0.25) is 5.02 Å². The Labute approximate surface area is 194 Å². The van der Waals surface area contributed by atoms with Crippen LogP contribution in [0.4, 0.5) is 5.69 Å². The highest BCUT2D eigenvalue weighted by molar-refractivity contribution is 6.34. The molecule has 2 heterocycles. The molecule has 0 aliphatic carbocycles. The molecule has 9 heteroatoms. The first-order valence-electron chi connectivity index (χ1n) is 10.2. The second kappa shape index (κ2) is 9.81. The van der Waals surface area contributed by atoms with Crippen molar-refractivity contribution in [3.8, 4) is 11.3 Å². The number of aryl methyl sites for hydroxylation is 1. The van der Waals surface area contributed by atoms with Crippen molar-refractivity contribution in [3.05, 3.63) is 76.4 Å². The lowest BCUT2D eigenvalue weighted by Gasteiger charge is -2.11. The third-order valence-electron chi connectivity index (χ3n) is 4.99. The van der Waals surface area contributed by atoms with Gasteiger partial charge in [0.05, 0.1) is 39.5 Å². The topological polar surface area (TPSA) is 106 Å². The minimum Gasteiger partial charge on any atom is -0.383 e. The van der Waals surface area contributed by atoms with E-state index in [2.05, 4.69) is 20.8 Å². The van der Waals surface area contributed by atoms with Gasteiger partial charge in [0, 0.05) is 24.9 Å². The molecule has 8 nitrogen and oxygen atoms in total. The molecule has 0 bridgehead atoms. The van der Waals surface area contributed by atoms with Gasteiger partial charge in [-0.25, -0.2) is 4.98 Å². The maximum Gasteiger partial charge on any atom is 0.259 e. The number of rotatable bonds is 7. The highest BCUT2D eigenvalue weighted by Gasteiger charge is 2.20. The van der Waals surface area contributed by atoms with Gasteiger partial charge < -0.3 is 19.9 Å². The summed E-state index contributed by atoms with van der Waals surface area (Å²) in [5.74, 6) is -0.697. The average molecular weight is 465 g/mol. The number of amides is 2.